The van der Waals surface area contributed by atoms with Gasteiger partial charge in [-0.05, 0) is 19.3 Å². The highest BCUT2D eigenvalue weighted by Crippen LogP contribution is 2.37. The minimum absolute atomic E-state index is 0.320. The average molecular weight is 765 g/mol. The van der Waals surface area contributed by atoms with Crippen LogP contribution in [-0.4, -0.2) is 33.1 Å². The summed E-state index contributed by atoms with van der Waals surface area (Å²) in [5.74, 6) is 0. The van der Waals surface area contributed by atoms with Crippen molar-refractivity contribution in [2.24, 2.45) is 0 Å². The molecule has 54 heavy (non-hydrogen) atoms. The molecule has 3 heteroatoms. The summed E-state index contributed by atoms with van der Waals surface area (Å²) < 4.78 is 0. The molecule has 0 aromatic rings. The largest absolute Gasteiger partial charge is 0.393 e. The highest BCUT2D eigenvalue weighted by molar-refractivity contribution is 4.99. The zero-order chi connectivity index (χ0) is 39.5. The van der Waals surface area contributed by atoms with E-state index in [4.69, 9.17) is 0 Å². The van der Waals surface area contributed by atoms with Gasteiger partial charge in [0.1, 0.15) is 5.60 Å². The van der Waals surface area contributed by atoms with Crippen LogP contribution in [0.1, 0.15) is 310 Å². The van der Waals surface area contributed by atoms with E-state index < -0.39 is 11.2 Å². The van der Waals surface area contributed by atoms with E-state index in [1.54, 1.807) is 0 Å². The molecular weight excluding hydrogens is 661 g/mol. The van der Waals surface area contributed by atoms with Crippen molar-refractivity contribution < 1.29 is 15.3 Å². The third kappa shape index (κ3) is 34.0. The molecule has 3 nitrogen and oxygen atoms in total. The Labute approximate surface area is 341 Å². The first kappa shape index (κ1) is 53.9. The van der Waals surface area contributed by atoms with Gasteiger partial charge in [-0.3, -0.25) is 0 Å². The van der Waals surface area contributed by atoms with E-state index in [0.29, 0.717) is 19.3 Å². The molecule has 0 heterocycles. The van der Waals surface area contributed by atoms with Gasteiger partial charge in [-0.15, -0.1) is 0 Å². The van der Waals surface area contributed by atoms with Gasteiger partial charge in [0.15, 0.2) is 0 Å². The molecule has 0 spiro atoms. The number of rotatable bonds is 47. The van der Waals surface area contributed by atoms with Crippen LogP contribution in [-0.2, 0) is 0 Å². The molecule has 0 aromatic carbocycles. The summed E-state index contributed by atoms with van der Waals surface area (Å²) in [5, 5.41) is 34.5. The zero-order valence-corrected chi connectivity index (χ0v) is 37.9. The lowest BCUT2D eigenvalue weighted by Gasteiger charge is -2.43. The molecule has 0 aromatic heterocycles. The molecule has 0 unspecified atom stereocenters. The Morgan fingerprint density at radius 1 is 0.222 bits per heavy atom. The van der Waals surface area contributed by atoms with Gasteiger partial charge < -0.3 is 15.3 Å². The monoisotopic (exact) mass is 765 g/mol. The van der Waals surface area contributed by atoms with Crippen LogP contribution in [0.15, 0.2) is 0 Å². The Kier molecular flexibility index (Phi) is 42.4. The molecule has 0 aliphatic rings. The van der Waals surface area contributed by atoms with Gasteiger partial charge in [0.2, 0.25) is 0 Å². The molecule has 0 aliphatic heterocycles. The van der Waals surface area contributed by atoms with Gasteiger partial charge in [0.25, 0.3) is 0 Å². The van der Waals surface area contributed by atoms with Crippen molar-refractivity contribution in [2.75, 3.05) is 6.61 Å². The van der Waals surface area contributed by atoms with Crippen molar-refractivity contribution in [3.05, 3.63) is 0 Å². The van der Waals surface area contributed by atoms with Crippen LogP contribution in [0, 0.1) is 0 Å². The summed E-state index contributed by atoms with van der Waals surface area (Å²) in [6.45, 7) is 6.55. The van der Waals surface area contributed by atoms with Crippen molar-refractivity contribution in [3.8, 4) is 0 Å². The highest BCUT2D eigenvalue weighted by atomic mass is 16.4. The van der Waals surface area contributed by atoms with Gasteiger partial charge in [-0.1, -0.05) is 290 Å². The van der Waals surface area contributed by atoms with Crippen molar-refractivity contribution in [2.45, 2.75) is 321 Å². The van der Waals surface area contributed by atoms with Crippen LogP contribution in [0.2, 0.25) is 0 Å². The van der Waals surface area contributed by atoms with Crippen LogP contribution in [0.4, 0.5) is 0 Å². The standard InChI is InChI=1S/C51H104O3/c1-4-7-10-13-16-19-22-25-28-31-34-37-40-43-46-50(53,47-44-41-38-35-32-29-26-23-20-17-14-11-8-5-2)51(54,49-52)48-45-42-39-36-33-30-27-24-21-18-15-12-9-6-3/h52-54H,4-49H2,1-3H3/t51-/m0/s1. The summed E-state index contributed by atoms with van der Waals surface area (Å²) in [4.78, 5) is 0. The first-order chi connectivity index (χ1) is 26.5. The zero-order valence-electron chi connectivity index (χ0n) is 37.9. The SMILES string of the molecule is CCCCCCCCCCCCCCCCC(O)(CCCCCCCCCCCCCCCC)[C@@](O)(CO)CCCCCCCCCCCCCCCC. The normalized spacial score (nSPS) is 13.2. The number of aliphatic hydroxyl groups is 3. The minimum atomic E-state index is -1.38. The fourth-order valence-electron chi connectivity index (χ4n) is 8.89. The second kappa shape index (κ2) is 42.5. The van der Waals surface area contributed by atoms with Gasteiger partial charge >= 0.3 is 0 Å². The third-order valence-corrected chi connectivity index (χ3v) is 13.0. The Morgan fingerprint density at radius 3 is 0.537 bits per heavy atom. The lowest BCUT2D eigenvalue weighted by Crippen LogP contribution is -2.56. The maximum Gasteiger partial charge on any atom is 0.116 e. The van der Waals surface area contributed by atoms with Crippen molar-refractivity contribution in [1.82, 2.24) is 0 Å². The highest BCUT2D eigenvalue weighted by Gasteiger charge is 2.47. The Balaban J connectivity index is 4.48. The second-order valence-electron chi connectivity index (χ2n) is 18.3. The Morgan fingerprint density at radius 2 is 0.370 bits per heavy atom. The number of aliphatic hydroxyl groups excluding tert-OH is 1. The van der Waals surface area contributed by atoms with Gasteiger partial charge in [0.05, 0.1) is 12.2 Å². The maximum atomic E-state index is 12.1. The number of hydrogen-bond acceptors (Lipinski definition) is 3. The van der Waals surface area contributed by atoms with E-state index in [9.17, 15) is 15.3 Å². The van der Waals surface area contributed by atoms with E-state index in [1.165, 1.54) is 231 Å². The molecule has 0 saturated carbocycles. The lowest BCUT2D eigenvalue weighted by atomic mass is 9.73. The predicted octanol–water partition coefficient (Wildman–Crippen LogP) is 17.1. The van der Waals surface area contributed by atoms with E-state index in [0.717, 1.165) is 38.5 Å². The molecule has 0 saturated heterocycles. The smallest absolute Gasteiger partial charge is 0.116 e. The fraction of sp³-hybridized carbons (Fsp3) is 1.00. The van der Waals surface area contributed by atoms with Crippen LogP contribution >= 0.6 is 0 Å². The lowest BCUT2D eigenvalue weighted by molar-refractivity contribution is -0.185. The summed E-state index contributed by atoms with van der Waals surface area (Å²) in [7, 11) is 0. The quantitative estimate of drug-likeness (QED) is 0.0541. The molecule has 0 bridgehead atoms. The van der Waals surface area contributed by atoms with Crippen LogP contribution in [0.5, 0.6) is 0 Å². The molecule has 3 N–H and O–H groups in total. The topological polar surface area (TPSA) is 60.7 Å². The van der Waals surface area contributed by atoms with Crippen molar-refractivity contribution in [3.63, 3.8) is 0 Å². The molecule has 0 rings (SSSR count). The van der Waals surface area contributed by atoms with Gasteiger partial charge in [-0.25, -0.2) is 0 Å². The summed E-state index contributed by atoms with van der Waals surface area (Å²) in [6, 6.07) is 0. The second-order valence-corrected chi connectivity index (χ2v) is 18.3. The molecule has 0 aliphatic carbocycles. The summed E-state index contributed by atoms with van der Waals surface area (Å²) in [6.07, 6.45) is 57.0. The third-order valence-electron chi connectivity index (χ3n) is 13.0. The first-order valence-electron chi connectivity index (χ1n) is 25.5. The average Bonchev–Trinajstić information content (AvgIpc) is 3.18. The minimum Gasteiger partial charge on any atom is -0.393 e. The molecule has 326 valence electrons. The van der Waals surface area contributed by atoms with Crippen LogP contribution < -0.4 is 0 Å². The predicted molar refractivity (Wildman–Crippen MR) is 242 cm³/mol. The molecule has 1 atom stereocenters. The Bertz CT molecular complexity index is 662. The van der Waals surface area contributed by atoms with E-state index >= 15 is 0 Å². The van der Waals surface area contributed by atoms with Crippen LogP contribution in [0.25, 0.3) is 0 Å². The van der Waals surface area contributed by atoms with E-state index in [-0.39, 0.29) is 6.61 Å². The molecular formula is C51H104O3. The molecule has 0 radical (unpaired) electrons. The molecule has 0 amide bonds. The van der Waals surface area contributed by atoms with Crippen LogP contribution in [0.3, 0.4) is 0 Å². The first-order valence-corrected chi connectivity index (χ1v) is 25.5. The van der Waals surface area contributed by atoms with E-state index in [1.807, 2.05) is 0 Å². The van der Waals surface area contributed by atoms with Crippen molar-refractivity contribution >= 4 is 0 Å². The number of hydrogen-bond donors (Lipinski definition) is 3. The number of unbranched alkanes of at least 4 members (excludes halogenated alkanes) is 39. The van der Waals surface area contributed by atoms with Gasteiger partial charge in [-0.2, -0.15) is 0 Å². The Hall–Kier alpha value is -0.120. The summed E-state index contributed by atoms with van der Waals surface area (Å²) >= 11 is 0. The molecule has 0 fully saturated rings. The van der Waals surface area contributed by atoms with Crippen molar-refractivity contribution in [1.29, 1.82) is 0 Å². The van der Waals surface area contributed by atoms with E-state index in [2.05, 4.69) is 20.8 Å². The summed E-state index contributed by atoms with van der Waals surface area (Å²) in [5.41, 5.74) is -2.55. The fourth-order valence-corrected chi connectivity index (χ4v) is 8.89. The van der Waals surface area contributed by atoms with Gasteiger partial charge in [0, 0.05) is 0 Å². The maximum absolute atomic E-state index is 12.1.